The maximum absolute atomic E-state index is 12.6. The number of nitrogen functional groups attached to an aromatic ring is 1. The van der Waals surface area contributed by atoms with E-state index >= 15 is 0 Å². The van der Waals surface area contributed by atoms with Crippen LogP contribution in [-0.2, 0) is 0 Å². The van der Waals surface area contributed by atoms with Gasteiger partial charge in [0.15, 0.2) is 5.13 Å². The third-order valence-corrected chi connectivity index (χ3v) is 4.35. The average molecular weight is 283 g/mol. The van der Waals surface area contributed by atoms with E-state index in [1.54, 1.807) is 7.05 Å². The van der Waals surface area contributed by atoms with Crippen molar-refractivity contribution >= 4 is 28.2 Å². The van der Waals surface area contributed by atoms with Gasteiger partial charge in [-0.25, -0.2) is 4.98 Å². The van der Waals surface area contributed by atoms with Gasteiger partial charge in [0.05, 0.1) is 0 Å². The highest BCUT2D eigenvalue weighted by Gasteiger charge is 2.31. The van der Waals surface area contributed by atoms with Crippen LogP contribution in [0.2, 0.25) is 0 Å². The summed E-state index contributed by atoms with van der Waals surface area (Å²) in [5, 5.41) is 3.61. The average Bonchev–Trinajstić information content (AvgIpc) is 2.94. The Balaban J connectivity index is 2.15. The molecule has 0 aliphatic carbocycles. The van der Waals surface area contributed by atoms with Crippen LogP contribution in [0.1, 0.15) is 22.5 Å². The van der Waals surface area contributed by atoms with Gasteiger partial charge in [0.1, 0.15) is 10.7 Å². The zero-order valence-corrected chi connectivity index (χ0v) is 12.5. The lowest BCUT2D eigenvalue weighted by Crippen LogP contribution is -2.41. The van der Waals surface area contributed by atoms with E-state index in [0.29, 0.717) is 15.8 Å². The maximum Gasteiger partial charge on any atom is 0.268 e. The number of carbonyl (C=O) groups excluding carboxylic acids is 1. The number of thiazole rings is 1. The number of hydrogen-bond acceptors (Lipinski definition) is 6. The molecular weight excluding hydrogens is 262 g/mol. The highest BCUT2D eigenvalue weighted by Crippen LogP contribution is 2.29. The van der Waals surface area contributed by atoms with E-state index in [2.05, 4.69) is 15.2 Å². The number of aromatic nitrogens is 1. The summed E-state index contributed by atoms with van der Waals surface area (Å²) >= 11 is 1.32. The molecule has 7 heteroatoms. The standard InChI is InChI=1S/C12H21N5OS/c1-14-12-15-10(13)9(19-12)11(18)17-6-4-5-8(17)7-16(2)3/h8H,4-7,13H2,1-3H3,(H,14,15). The molecule has 1 saturated heterocycles. The first-order valence-corrected chi connectivity index (χ1v) is 7.24. The molecule has 19 heavy (non-hydrogen) atoms. The molecule has 0 radical (unpaired) electrons. The molecule has 0 bridgehead atoms. The van der Waals surface area contributed by atoms with Crippen LogP contribution in [0.3, 0.4) is 0 Å². The predicted molar refractivity (Wildman–Crippen MR) is 78.7 cm³/mol. The number of likely N-dealkylation sites (tertiary alicyclic amines) is 1. The van der Waals surface area contributed by atoms with Gasteiger partial charge >= 0.3 is 0 Å². The fraction of sp³-hybridized carbons (Fsp3) is 0.667. The fourth-order valence-corrected chi connectivity index (χ4v) is 3.23. The molecule has 106 valence electrons. The van der Waals surface area contributed by atoms with Crippen molar-refractivity contribution in [3.63, 3.8) is 0 Å². The van der Waals surface area contributed by atoms with E-state index in [1.807, 2.05) is 19.0 Å². The van der Waals surface area contributed by atoms with Gasteiger partial charge in [0.25, 0.3) is 5.91 Å². The largest absolute Gasteiger partial charge is 0.382 e. The van der Waals surface area contributed by atoms with Crippen molar-refractivity contribution in [2.45, 2.75) is 18.9 Å². The number of hydrogen-bond donors (Lipinski definition) is 2. The zero-order chi connectivity index (χ0) is 14.0. The summed E-state index contributed by atoms with van der Waals surface area (Å²) in [6, 6.07) is 0.280. The molecule has 1 unspecified atom stereocenters. The fourth-order valence-electron chi connectivity index (χ4n) is 2.44. The summed E-state index contributed by atoms with van der Waals surface area (Å²) in [6.45, 7) is 1.70. The van der Waals surface area contributed by atoms with Gasteiger partial charge in [-0.15, -0.1) is 0 Å². The second-order valence-electron chi connectivity index (χ2n) is 5.04. The van der Waals surface area contributed by atoms with E-state index in [1.165, 1.54) is 11.3 Å². The highest BCUT2D eigenvalue weighted by molar-refractivity contribution is 7.18. The monoisotopic (exact) mass is 283 g/mol. The predicted octanol–water partition coefficient (Wildman–Crippen LogP) is 0.933. The Hall–Kier alpha value is -1.34. The molecule has 2 rings (SSSR count). The molecule has 0 spiro atoms. The molecule has 3 N–H and O–H groups in total. The van der Waals surface area contributed by atoms with Crippen molar-refractivity contribution < 1.29 is 4.79 Å². The third kappa shape index (κ3) is 2.98. The van der Waals surface area contributed by atoms with E-state index in [-0.39, 0.29) is 11.9 Å². The van der Waals surface area contributed by atoms with E-state index in [0.717, 1.165) is 25.9 Å². The van der Waals surface area contributed by atoms with Crippen LogP contribution >= 0.6 is 11.3 Å². The Bertz CT molecular complexity index is 459. The van der Waals surface area contributed by atoms with E-state index < -0.39 is 0 Å². The molecule has 0 aromatic carbocycles. The zero-order valence-electron chi connectivity index (χ0n) is 11.6. The van der Waals surface area contributed by atoms with E-state index in [4.69, 9.17) is 5.73 Å². The number of rotatable bonds is 4. The number of nitrogens with zero attached hydrogens (tertiary/aromatic N) is 3. The summed E-state index contributed by atoms with van der Waals surface area (Å²) in [6.07, 6.45) is 2.11. The van der Waals surface area contributed by atoms with Gasteiger partial charge in [-0.2, -0.15) is 0 Å². The molecule has 1 aliphatic rings. The Kier molecular flexibility index (Phi) is 4.26. The number of nitrogens with one attached hydrogen (secondary N) is 1. The van der Waals surface area contributed by atoms with Gasteiger partial charge in [0.2, 0.25) is 0 Å². The molecule has 0 saturated carbocycles. The van der Waals surface area contributed by atoms with E-state index in [9.17, 15) is 4.79 Å². The summed E-state index contributed by atoms with van der Waals surface area (Å²) < 4.78 is 0. The third-order valence-electron chi connectivity index (χ3n) is 3.28. The maximum atomic E-state index is 12.6. The van der Waals surface area contributed by atoms with Gasteiger partial charge in [0, 0.05) is 26.2 Å². The highest BCUT2D eigenvalue weighted by atomic mass is 32.1. The van der Waals surface area contributed by atoms with Crippen LogP contribution in [0.5, 0.6) is 0 Å². The van der Waals surface area contributed by atoms with Gasteiger partial charge in [-0.3, -0.25) is 4.79 Å². The molecule has 1 aromatic heterocycles. The molecule has 1 atom stereocenters. The van der Waals surface area contributed by atoms with Crippen molar-refractivity contribution in [3.8, 4) is 0 Å². The molecule has 1 fully saturated rings. The molecular formula is C12H21N5OS. The minimum Gasteiger partial charge on any atom is -0.382 e. The smallest absolute Gasteiger partial charge is 0.268 e. The number of carbonyl (C=O) groups is 1. The summed E-state index contributed by atoms with van der Waals surface area (Å²) in [4.78, 5) is 21.3. The van der Waals surface area contributed by atoms with Crippen LogP contribution in [0, 0.1) is 0 Å². The second kappa shape index (κ2) is 5.75. The normalized spacial score (nSPS) is 19.2. The SMILES string of the molecule is CNc1nc(N)c(C(=O)N2CCCC2CN(C)C)s1. The number of nitrogens with two attached hydrogens (primary N) is 1. The second-order valence-corrected chi connectivity index (χ2v) is 6.04. The van der Waals surface area contributed by atoms with Crippen molar-refractivity contribution in [2.24, 2.45) is 0 Å². The summed E-state index contributed by atoms with van der Waals surface area (Å²) in [7, 11) is 5.83. The quantitative estimate of drug-likeness (QED) is 0.860. The van der Waals surface area contributed by atoms with Gasteiger partial charge < -0.3 is 20.9 Å². The van der Waals surface area contributed by atoms with Crippen LogP contribution < -0.4 is 11.1 Å². The number of likely N-dealkylation sites (N-methyl/N-ethyl adjacent to an activating group) is 1. The lowest BCUT2D eigenvalue weighted by molar-refractivity contribution is 0.0722. The minimum atomic E-state index is 0.0147. The van der Waals surface area contributed by atoms with Crippen molar-refractivity contribution in [1.29, 1.82) is 0 Å². The first kappa shape index (κ1) is 14.1. The molecule has 6 nitrogen and oxygen atoms in total. The summed E-state index contributed by atoms with van der Waals surface area (Å²) in [5.41, 5.74) is 5.83. The first-order valence-electron chi connectivity index (χ1n) is 6.42. The number of amides is 1. The van der Waals surface area contributed by atoms with Crippen LogP contribution in [0.4, 0.5) is 10.9 Å². The lowest BCUT2D eigenvalue weighted by atomic mass is 10.2. The van der Waals surface area contributed by atoms with Crippen molar-refractivity contribution in [1.82, 2.24) is 14.8 Å². The minimum absolute atomic E-state index is 0.0147. The van der Waals surface area contributed by atoms with Crippen LogP contribution in [0.15, 0.2) is 0 Å². The van der Waals surface area contributed by atoms with Crippen molar-refractivity contribution in [2.75, 3.05) is 45.3 Å². The molecule has 1 aliphatic heterocycles. The van der Waals surface area contributed by atoms with Crippen molar-refractivity contribution in [3.05, 3.63) is 4.88 Å². The summed E-state index contributed by atoms with van der Waals surface area (Å²) in [5.74, 6) is 0.343. The van der Waals surface area contributed by atoms with Gasteiger partial charge in [-0.05, 0) is 26.9 Å². The van der Waals surface area contributed by atoms with Gasteiger partial charge in [-0.1, -0.05) is 11.3 Å². The number of anilines is 2. The molecule has 1 aromatic rings. The molecule has 2 heterocycles. The van der Waals surface area contributed by atoms with Crippen LogP contribution in [-0.4, -0.2) is 61.0 Å². The molecule has 1 amide bonds. The first-order chi connectivity index (χ1) is 9.02. The Morgan fingerprint density at radius 1 is 1.63 bits per heavy atom. The lowest BCUT2D eigenvalue weighted by Gasteiger charge is -2.26. The van der Waals surface area contributed by atoms with Crippen LogP contribution in [0.25, 0.3) is 0 Å². The Morgan fingerprint density at radius 3 is 2.95 bits per heavy atom. The topological polar surface area (TPSA) is 74.5 Å². The Morgan fingerprint density at radius 2 is 2.37 bits per heavy atom. The Labute approximate surface area is 117 Å².